The SMILES string of the molecule is Cc1ccc(C)n1-c1cc(C(C)(C)O)on1. The molecule has 0 aliphatic rings. The van der Waals surface area contributed by atoms with Gasteiger partial charge in [0.25, 0.3) is 0 Å². The third kappa shape index (κ3) is 1.76. The number of aryl methyl sites for hydroxylation is 2. The Morgan fingerprint density at radius 3 is 2.25 bits per heavy atom. The Labute approximate surface area is 94.5 Å². The predicted octanol–water partition coefficient (Wildman–Crippen LogP) is 2.31. The third-order valence-corrected chi connectivity index (χ3v) is 2.60. The van der Waals surface area contributed by atoms with Gasteiger partial charge >= 0.3 is 0 Å². The zero-order chi connectivity index (χ0) is 11.9. The van der Waals surface area contributed by atoms with Crippen LogP contribution in [0.15, 0.2) is 22.7 Å². The smallest absolute Gasteiger partial charge is 0.180 e. The summed E-state index contributed by atoms with van der Waals surface area (Å²) in [5.74, 6) is 1.17. The van der Waals surface area contributed by atoms with Gasteiger partial charge in [-0.05, 0) is 39.8 Å². The fourth-order valence-electron chi connectivity index (χ4n) is 1.69. The molecule has 4 nitrogen and oxygen atoms in total. The zero-order valence-corrected chi connectivity index (χ0v) is 9.98. The molecule has 0 spiro atoms. The van der Waals surface area contributed by atoms with Gasteiger partial charge < -0.3 is 14.2 Å². The quantitative estimate of drug-likeness (QED) is 0.844. The van der Waals surface area contributed by atoms with Crippen LogP contribution in [0.1, 0.15) is 31.0 Å². The topological polar surface area (TPSA) is 51.2 Å². The number of nitrogens with zero attached hydrogens (tertiary/aromatic N) is 2. The van der Waals surface area contributed by atoms with E-state index in [1.165, 1.54) is 0 Å². The van der Waals surface area contributed by atoms with Crippen molar-refractivity contribution in [3.63, 3.8) is 0 Å². The summed E-state index contributed by atoms with van der Waals surface area (Å²) in [4.78, 5) is 0. The van der Waals surface area contributed by atoms with E-state index in [1.807, 2.05) is 30.5 Å². The van der Waals surface area contributed by atoms with Crippen molar-refractivity contribution in [1.29, 1.82) is 0 Å². The van der Waals surface area contributed by atoms with E-state index in [2.05, 4.69) is 5.16 Å². The molecule has 16 heavy (non-hydrogen) atoms. The Balaban J connectivity index is 2.47. The number of rotatable bonds is 2. The van der Waals surface area contributed by atoms with Crippen molar-refractivity contribution >= 4 is 0 Å². The summed E-state index contributed by atoms with van der Waals surface area (Å²) in [6.45, 7) is 7.36. The second-order valence-electron chi connectivity index (χ2n) is 4.56. The van der Waals surface area contributed by atoms with Gasteiger partial charge in [0.05, 0.1) is 0 Å². The summed E-state index contributed by atoms with van der Waals surface area (Å²) in [6.07, 6.45) is 0. The molecule has 0 bridgehead atoms. The number of hydrogen-bond acceptors (Lipinski definition) is 3. The molecule has 0 atom stereocenters. The maximum atomic E-state index is 9.80. The average Bonchev–Trinajstić information content (AvgIpc) is 2.72. The minimum absolute atomic E-state index is 0.468. The molecule has 0 amide bonds. The first-order valence-corrected chi connectivity index (χ1v) is 5.24. The van der Waals surface area contributed by atoms with Gasteiger partial charge in [0.2, 0.25) is 0 Å². The molecule has 2 rings (SSSR count). The lowest BCUT2D eigenvalue weighted by Gasteiger charge is -2.11. The van der Waals surface area contributed by atoms with Crippen LogP contribution in [0.4, 0.5) is 0 Å². The minimum Gasteiger partial charge on any atom is -0.382 e. The van der Waals surface area contributed by atoms with Crippen molar-refractivity contribution in [3.05, 3.63) is 35.3 Å². The van der Waals surface area contributed by atoms with E-state index in [9.17, 15) is 5.11 Å². The van der Waals surface area contributed by atoms with Gasteiger partial charge in [-0.25, -0.2) is 0 Å². The van der Waals surface area contributed by atoms with Crippen LogP contribution in [0.25, 0.3) is 5.82 Å². The summed E-state index contributed by atoms with van der Waals surface area (Å²) < 4.78 is 7.13. The molecule has 2 heterocycles. The molecule has 0 aliphatic carbocycles. The number of aromatic nitrogens is 2. The van der Waals surface area contributed by atoms with Gasteiger partial charge in [-0.3, -0.25) is 0 Å². The van der Waals surface area contributed by atoms with E-state index in [0.717, 1.165) is 11.4 Å². The highest BCUT2D eigenvalue weighted by molar-refractivity contribution is 5.32. The molecule has 0 aromatic carbocycles. The van der Waals surface area contributed by atoms with Gasteiger partial charge in [0, 0.05) is 17.5 Å². The van der Waals surface area contributed by atoms with E-state index in [1.54, 1.807) is 19.9 Å². The van der Waals surface area contributed by atoms with Crippen molar-refractivity contribution in [2.24, 2.45) is 0 Å². The molecule has 2 aromatic rings. The molecular weight excluding hydrogens is 204 g/mol. The van der Waals surface area contributed by atoms with Crippen molar-refractivity contribution < 1.29 is 9.63 Å². The first-order chi connectivity index (χ1) is 7.39. The summed E-state index contributed by atoms with van der Waals surface area (Å²) >= 11 is 0. The molecule has 1 N–H and O–H groups in total. The number of hydrogen-bond donors (Lipinski definition) is 1. The van der Waals surface area contributed by atoms with Crippen molar-refractivity contribution in [3.8, 4) is 5.82 Å². The van der Waals surface area contributed by atoms with E-state index in [-0.39, 0.29) is 0 Å². The van der Waals surface area contributed by atoms with E-state index < -0.39 is 5.60 Å². The van der Waals surface area contributed by atoms with Gasteiger partial charge in [-0.15, -0.1) is 0 Å². The van der Waals surface area contributed by atoms with Gasteiger partial charge in [-0.1, -0.05) is 5.16 Å². The van der Waals surface area contributed by atoms with Crippen LogP contribution >= 0.6 is 0 Å². The molecule has 0 unspecified atom stereocenters. The summed E-state index contributed by atoms with van der Waals surface area (Å²) in [7, 11) is 0. The van der Waals surface area contributed by atoms with Crippen molar-refractivity contribution in [2.75, 3.05) is 0 Å². The second kappa shape index (κ2) is 3.49. The molecular formula is C12H16N2O2. The normalized spacial score (nSPS) is 12.1. The highest BCUT2D eigenvalue weighted by atomic mass is 16.5. The Bertz CT molecular complexity index is 484. The van der Waals surface area contributed by atoms with Crippen LogP contribution in [0.5, 0.6) is 0 Å². The van der Waals surface area contributed by atoms with E-state index >= 15 is 0 Å². The zero-order valence-electron chi connectivity index (χ0n) is 9.98. The fourth-order valence-corrected chi connectivity index (χ4v) is 1.69. The first kappa shape index (κ1) is 11.0. The van der Waals surface area contributed by atoms with Crippen LogP contribution < -0.4 is 0 Å². The summed E-state index contributed by atoms with van der Waals surface area (Å²) in [5.41, 5.74) is 1.18. The highest BCUT2D eigenvalue weighted by Gasteiger charge is 2.22. The fraction of sp³-hybridized carbons (Fsp3) is 0.417. The molecule has 0 saturated carbocycles. The van der Waals surface area contributed by atoms with Crippen molar-refractivity contribution in [2.45, 2.75) is 33.3 Å². The average molecular weight is 220 g/mol. The third-order valence-electron chi connectivity index (χ3n) is 2.60. The van der Waals surface area contributed by atoms with Crippen LogP contribution in [0.3, 0.4) is 0 Å². The molecule has 86 valence electrons. The van der Waals surface area contributed by atoms with E-state index in [0.29, 0.717) is 11.6 Å². The Morgan fingerprint density at radius 1 is 1.25 bits per heavy atom. The lowest BCUT2D eigenvalue weighted by atomic mass is 10.1. The molecule has 0 fully saturated rings. The molecule has 0 saturated heterocycles. The Kier molecular flexibility index (Phi) is 2.39. The lowest BCUT2D eigenvalue weighted by molar-refractivity contribution is 0.0475. The molecule has 0 aliphatic heterocycles. The monoisotopic (exact) mass is 220 g/mol. The Hall–Kier alpha value is -1.55. The lowest BCUT2D eigenvalue weighted by Crippen LogP contribution is -2.14. The van der Waals surface area contributed by atoms with Crippen molar-refractivity contribution in [1.82, 2.24) is 9.72 Å². The molecule has 0 radical (unpaired) electrons. The number of aliphatic hydroxyl groups is 1. The maximum Gasteiger partial charge on any atom is 0.180 e. The van der Waals surface area contributed by atoms with Crippen LogP contribution in [-0.4, -0.2) is 14.8 Å². The molecule has 2 aromatic heterocycles. The van der Waals surface area contributed by atoms with Gasteiger partial charge in [-0.2, -0.15) is 0 Å². The maximum absolute atomic E-state index is 9.80. The first-order valence-electron chi connectivity index (χ1n) is 5.24. The second-order valence-corrected chi connectivity index (χ2v) is 4.56. The van der Waals surface area contributed by atoms with Gasteiger partial charge in [0.1, 0.15) is 5.60 Å². The van der Waals surface area contributed by atoms with Crippen LogP contribution in [0.2, 0.25) is 0 Å². The summed E-state index contributed by atoms with van der Waals surface area (Å²) in [5, 5.41) is 13.8. The van der Waals surface area contributed by atoms with Crippen LogP contribution in [-0.2, 0) is 5.60 Å². The van der Waals surface area contributed by atoms with Gasteiger partial charge in [0.15, 0.2) is 11.6 Å². The standard InChI is InChI=1S/C12H16N2O2/c1-8-5-6-9(2)14(8)11-7-10(16-13-11)12(3,4)15/h5-7,15H,1-4H3. The summed E-state index contributed by atoms with van der Waals surface area (Å²) in [6, 6.07) is 5.81. The minimum atomic E-state index is -1.000. The molecule has 4 heteroatoms. The highest BCUT2D eigenvalue weighted by Crippen LogP contribution is 2.23. The predicted molar refractivity (Wildman–Crippen MR) is 60.5 cm³/mol. The van der Waals surface area contributed by atoms with E-state index in [4.69, 9.17) is 4.52 Å². The Morgan fingerprint density at radius 2 is 1.81 bits per heavy atom. The largest absolute Gasteiger partial charge is 0.382 e. The van der Waals surface area contributed by atoms with Crippen LogP contribution in [0, 0.1) is 13.8 Å².